The summed E-state index contributed by atoms with van der Waals surface area (Å²) >= 11 is 6.57. The first-order valence-corrected chi connectivity index (χ1v) is 14.4. The monoisotopic (exact) mass is 563 g/mol. The summed E-state index contributed by atoms with van der Waals surface area (Å²) in [6.45, 7) is 5.19. The van der Waals surface area contributed by atoms with Crippen molar-refractivity contribution in [1.29, 1.82) is 0 Å². The molecule has 2 aliphatic carbocycles. The number of allylic oxidation sites excluding steroid dienone is 5. The van der Waals surface area contributed by atoms with E-state index in [1.807, 2.05) is 36.4 Å². The van der Waals surface area contributed by atoms with Gasteiger partial charge in [0.2, 0.25) is 11.8 Å². The van der Waals surface area contributed by atoms with Gasteiger partial charge in [0.15, 0.2) is 0 Å². The standard InChI is InChI=1S/C31H38ClN5O3/c1-21-9-12-23(13-10-21)16-27-30(39)35(18-25-15-22(2)11-14-26(25)32)19-28-36(27)29(38)20-34(3)37(28)31(40)33-17-24-7-5-4-6-8-24/h4-9,12-15,21-22,27-28H,10-11,16-20H2,1-3H3,(H,33,40)/t21?,22?,27-,28-/m0/s1. The first-order chi connectivity index (χ1) is 19.2. The van der Waals surface area contributed by atoms with E-state index in [2.05, 4.69) is 43.5 Å². The molecule has 2 fully saturated rings. The van der Waals surface area contributed by atoms with Crippen molar-refractivity contribution in [3.8, 4) is 0 Å². The number of fused-ring (bicyclic) bond motifs is 1. The number of hydrazine groups is 1. The Morgan fingerprint density at radius 1 is 1.07 bits per heavy atom. The molecule has 1 N–H and O–H groups in total. The fourth-order valence-corrected chi connectivity index (χ4v) is 6.11. The van der Waals surface area contributed by atoms with Crippen LogP contribution in [0, 0.1) is 11.8 Å². The molecule has 1 aromatic rings. The molecule has 212 valence electrons. The molecule has 4 aliphatic rings. The van der Waals surface area contributed by atoms with Gasteiger partial charge < -0.3 is 15.1 Å². The average molecular weight is 564 g/mol. The molecule has 2 aliphatic heterocycles. The summed E-state index contributed by atoms with van der Waals surface area (Å²) < 4.78 is 0. The number of urea groups is 1. The van der Waals surface area contributed by atoms with Gasteiger partial charge in [-0.15, -0.1) is 0 Å². The van der Waals surface area contributed by atoms with Crippen molar-refractivity contribution in [2.24, 2.45) is 11.8 Å². The van der Waals surface area contributed by atoms with Gasteiger partial charge in [-0.25, -0.2) is 14.8 Å². The number of hydrogen-bond donors (Lipinski definition) is 1. The van der Waals surface area contributed by atoms with Crippen LogP contribution in [0.5, 0.6) is 0 Å². The van der Waals surface area contributed by atoms with Crippen LogP contribution < -0.4 is 5.32 Å². The molecule has 1 aromatic carbocycles. The van der Waals surface area contributed by atoms with Gasteiger partial charge in [-0.2, -0.15) is 0 Å². The Morgan fingerprint density at radius 2 is 1.82 bits per heavy atom. The number of amides is 4. The summed E-state index contributed by atoms with van der Waals surface area (Å²) in [6, 6.07) is 8.68. The minimum Gasteiger partial charge on any atom is -0.333 e. The highest BCUT2D eigenvalue weighted by Gasteiger charge is 2.50. The van der Waals surface area contributed by atoms with Crippen LogP contribution in [0.2, 0.25) is 0 Å². The zero-order chi connectivity index (χ0) is 28.4. The minimum atomic E-state index is -0.710. The molecule has 5 rings (SSSR count). The highest BCUT2D eigenvalue weighted by atomic mass is 35.5. The van der Waals surface area contributed by atoms with Crippen LogP contribution in [-0.2, 0) is 16.1 Å². The zero-order valence-corrected chi connectivity index (χ0v) is 24.2. The van der Waals surface area contributed by atoms with E-state index >= 15 is 0 Å². The van der Waals surface area contributed by atoms with Gasteiger partial charge in [0.05, 0.1) is 13.1 Å². The van der Waals surface area contributed by atoms with Gasteiger partial charge in [0.25, 0.3) is 0 Å². The average Bonchev–Trinajstić information content (AvgIpc) is 2.93. The number of nitrogens with one attached hydrogen (secondary N) is 1. The topological polar surface area (TPSA) is 76.2 Å². The number of piperazine rings is 1. The fraction of sp³-hybridized carbons (Fsp3) is 0.452. The fourth-order valence-electron chi connectivity index (χ4n) is 5.89. The van der Waals surface area contributed by atoms with Crippen LogP contribution in [0.1, 0.15) is 38.7 Å². The number of likely N-dealkylation sites (N-methyl/N-ethyl adjacent to an activating group) is 1. The molecule has 8 nitrogen and oxygen atoms in total. The van der Waals surface area contributed by atoms with E-state index in [0.29, 0.717) is 36.4 Å². The second kappa shape index (κ2) is 12.0. The summed E-state index contributed by atoms with van der Waals surface area (Å²) in [5.41, 5.74) is 2.92. The van der Waals surface area contributed by atoms with Crippen LogP contribution in [0.15, 0.2) is 76.9 Å². The number of benzene rings is 1. The third kappa shape index (κ3) is 6.03. The second-order valence-electron chi connectivity index (χ2n) is 11.3. The molecule has 0 aromatic heterocycles. The molecule has 4 atom stereocenters. The maximum absolute atomic E-state index is 14.1. The number of carbonyl (C=O) groups excluding carboxylic acids is 3. The molecule has 2 saturated heterocycles. The highest BCUT2D eigenvalue weighted by molar-refractivity contribution is 6.32. The third-order valence-corrected chi connectivity index (χ3v) is 8.47. The predicted molar refractivity (Wildman–Crippen MR) is 156 cm³/mol. The van der Waals surface area contributed by atoms with Gasteiger partial charge in [0.1, 0.15) is 12.2 Å². The van der Waals surface area contributed by atoms with E-state index in [1.165, 1.54) is 0 Å². The molecule has 4 amide bonds. The Labute approximate surface area is 241 Å². The van der Waals surface area contributed by atoms with Crippen LogP contribution in [-0.4, -0.2) is 76.6 Å². The summed E-state index contributed by atoms with van der Waals surface area (Å²) in [4.78, 5) is 44.6. The maximum Gasteiger partial charge on any atom is 0.334 e. The minimum absolute atomic E-state index is 0.0161. The lowest BCUT2D eigenvalue weighted by Gasteiger charge is -2.54. The van der Waals surface area contributed by atoms with E-state index in [0.717, 1.165) is 29.6 Å². The lowest BCUT2D eigenvalue weighted by Crippen LogP contribution is -2.76. The molecular formula is C31H38ClN5O3. The molecule has 0 spiro atoms. The van der Waals surface area contributed by atoms with Crippen LogP contribution in [0.3, 0.4) is 0 Å². The molecule has 40 heavy (non-hydrogen) atoms. The van der Waals surface area contributed by atoms with Crippen molar-refractivity contribution in [3.63, 3.8) is 0 Å². The van der Waals surface area contributed by atoms with Crippen molar-refractivity contribution in [2.45, 2.75) is 51.9 Å². The number of hydrogen-bond acceptors (Lipinski definition) is 4. The maximum atomic E-state index is 14.1. The van der Waals surface area contributed by atoms with E-state index in [9.17, 15) is 14.4 Å². The van der Waals surface area contributed by atoms with Crippen molar-refractivity contribution >= 4 is 29.4 Å². The first kappa shape index (κ1) is 28.2. The summed E-state index contributed by atoms with van der Waals surface area (Å²) in [5, 5.41) is 6.92. The smallest absolute Gasteiger partial charge is 0.333 e. The number of nitrogens with zero attached hydrogens (tertiary/aromatic N) is 4. The van der Waals surface area contributed by atoms with E-state index in [-0.39, 0.29) is 30.9 Å². The van der Waals surface area contributed by atoms with Crippen molar-refractivity contribution in [3.05, 3.63) is 82.5 Å². The normalized spacial score (nSPS) is 27.2. The van der Waals surface area contributed by atoms with Crippen molar-refractivity contribution in [2.75, 3.05) is 26.7 Å². The zero-order valence-electron chi connectivity index (χ0n) is 23.4. The number of carbonyl (C=O) groups is 3. The lowest BCUT2D eigenvalue weighted by atomic mass is 9.92. The second-order valence-corrected chi connectivity index (χ2v) is 11.7. The Kier molecular flexibility index (Phi) is 8.47. The lowest BCUT2D eigenvalue weighted by molar-refractivity contribution is -0.186. The van der Waals surface area contributed by atoms with Gasteiger partial charge in [-0.1, -0.05) is 86.2 Å². The summed E-state index contributed by atoms with van der Waals surface area (Å²) in [5.74, 6) is 0.496. The molecular weight excluding hydrogens is 526 g/mol. The Bertz CT molecular complexity index is 1270. The molecule has 9 heteroatoms. The summed E-state index contributed by atoms with van der Waals surface area (Å²) in [7, 11) is 1.74. The first-order valence-electron chi connectivity index (χ1n) is 14.1. The van der Waals surface area contributed by atoms with Crippen LogP contribution in [0.4, 0.5) is 4.79 Å². The Balaban J connectivity index is 1.44. The van der Waals surface area contributed by atoms with Crippen molar-refractivity contribution < 1.29 is 14.4 Å². The van der Waals surface area contributed by atoms with Crippen LogP contribution in [0.25, 0.3) is 0 Å². The van der Waals surface area contributed by atoms with E-state index in [4.69, 9.17) is 11.6 Å². The van der Waals surface area contributed by atoms with Gasteiger partial charge in [-0.05, 0) is 41.4 Å². The number of rotatable bonds is 6. The van der Waals surface area contributed by atoms with E-state index in [1.54, 1.807) is 26.9 Å². The Hall–Kier alpha value is -3.36. The molecule has 2 unspecified atom stereocenters. The Morgan fingerprint density at radius 3 is 2.55 bits per heavy atom. The molecule has 0 radical (unpaired) electrons. The highest BCUT2D eigenvalue weighted by Crippen LogP contribution is 2.33. The molecule has 2 heterocycles. The largest absolute Gasteiger partial charge is 0.334 e. The van der Waals surface area contributed by atoms with Gasteiger partial charge in [0, 0.05) is 31.6 Å². The predicted octanol–water partition coefficient (Wildman–Crippen LogP) is 4.43. The van der Waals surface area contributed by atoms with Crippen LogP contribution >= 0.6 is 11.6 Å². The molecule has 0 saturated carbocycles. The number of halogens is 1. The quantitative estimate of drug-likeness (QED) is 0.556. The SMILES string of the molecule is CC1C=CC(C[C@H]2C(=O)N(CC3=CC(C)CC=C3Cl)C[C@H]3N2C(=O)CN(C)N3C(=O)NCc2ccccc2)=CC1. The van der Waals surface area contributed by atoms with Gasteiger partial charge in [-0.3, -0.25) is 9.59 Å². The third-order valence-electron chi connectivity index (χ3n) is 8.08. The van der Waals surface area contributed by atoms with E-state index < -0.39 is 12.2 Å². The van der Waals surface area contributed by atoms with Gasteiger partial charge >= 0.3 is 6.03 Å². The summed E-state index contributed by atoms with van der Waals surface area (Å²) in [6.07, 6.45) is 12.0. The molecule has 0 bridgehead atoms. The van der Waals surface area contributed by atoms with Crippen molar-refractivity contribution in [1.82, 2.24) is 25.1 Å².